The molecule has 0 radical (unpaired) electrons. The topological polar surface area (TPSA) is 27.7 Å². The van der Waals surface area contributed by atoms with Crippen LogP contribution in [0, 0.1) is 0 Å². The van der Waals surface area contributed by atoms with Gasteiger partial charge in [-0.25, -0.2) is 0 Å². The predicted octanol–water partition coefficient (Wildman–Crippen LogP) is 2.55. The first-order valence-electron chi connectivity index (χ1n) is 4.99. The van der Waals surface area contributed by atoms with Crippen LogP contribution >= 0.6 is 0 Å². The van der Waals surface area contributed by atoms with Crippen molar-refractivity contribution >= 4 is 0 Å². The molecule has 0 saturated heterocycles. The van der Waals surface area contributed by atoms with E-state index in [4.69, 9.17) is 14.2 Å². The van der Waals surface area contributed by atoms with Crippen LogP contribution in [0.4, 0.5) is 0 Å². The Labute approximate surface area is 81.4 Å². The second-order valence-corrected chi connectivity index (χ2v) is 3.04. The van der Waals surface area contributed by atoms with Gasteiger partial charge in [0.15, 0.2) is 0 Å². The molecule has 0 unspecified atom stereocenters. The Morgan fingerprint density at radius 1 is 1.00 bits per heavy atom. The standard InChI is InChI=1S/C10H22O3/c1-5-7-9-13-10(11-3,12-4)8-6-2/h5-9H2,1-4H3. The van der Waals surface area contributed by atoms with Crippen LogP contribution < -0.4 is 0 Å². The van der Waals surface area contributed by atoms with E-state index in [0.29, 0.717) is 6.61 Å². The fraction of sp³-hybridized carbons (Fsp3) is 1.00. The van der Waals surface area contributed by atoms with Crippen molar-refractivity contribution in [1.82, 2.24) is 0 Å². The Morgan fingerprint density at radius 3 is 2.00 bits per heavy atom. The summed E-state index contributed by atoms with van der Waals surface area (Å²) in [5.41, 5.74) is 0. The third-order valence-electron chi connectivity index (χ3n) is 2.00. The number of unbranched alkanes of at least 4 members (excludes halogenated alkanes) is 1. The molecule has 0 aromatic heterocycles. The second kappa shape index (κ2) is 7.30. The largest absolute Gasteiger partial charge is 0.331 e. The molecule has 0 spiro atoms. The molecule has 0 N–H and O–H groups in total. The number of rotatable bonds is 8. The molecule has 0 aromatic rings. The van der Waals surface area contributed by atoms with Gasteiger partial charge >= 0.3 is 0 Å². The van der Waals surface area contributed by atoms with Gasteiger partial charge in [0, 0.05) is 20.6 Å². The van der Waals surface area contributed by atoms with Crippen LogP contribution in [0.15, 0.2) is 0 Å². The minimum Gasteiger partial charge on any atom is -0.331 e. The zero-order valence-corrected chi connectivity index (χ0v) is 9.26. The third-order valence-corrected chi connectivity index (χ3v) is 2.00. The van der Waals surface area contributed by atoms with Crippen molar-refractivity contribution in [3.63, 3.8) is 0 Å². The molecule has 0 aliphatic carbocycles. The Balaban J connectivity index is 3.89. The smallest absolute Gasteiger partial charge is 0.282 e. The molecular weight excluding hydrogens is 168 g/mol. The number of hydrogen-bond acceptors (Lipinski definition) is 3. The fourth-order valence-electron chi connectivity index (χ4n) is 1.16. The average molecular weight is 190 g/mol. The van der Waals surface area contributed by atoms with Gasteiger partial charge < -0.3 is 14.2 Å². The Morgan fingerprint density at radius 2 is 1.62 bits per heavy atom. The van der Waals surface area contributed by atoms with Gasteiger partial charge in [-0.15, -0.1) is 0 Å². The molecule has 0 bridgehead atoms. The van der Waals surface area contributed by atoms with Gasteiger partial charge in [-0.1, -0.05) is 20.3 Å². The van der Waals surface area contributed by atoms with E-state index in [0.717, 1.165) is 25.7 Å². The van der Waals surface area contributed by atoms with Crippen molar-refractivity contribution in [3.8, 4) is 0 Å². The second-order valence-electron chi connectivity index (χ2n) is 3.04. The van der Waals surface area contributed by atoms with E-state index in [1.165, 1.54) is 0 Å². The highest BCUT2D eigenvalue weighted by molar-refractivity contribution is 4.55. The maximum absolute atomic E-state index is 5.56. The predicted molar refractivity (Wildman–Crippen MR) is 52.5 cm³/mol. The highest BCUT2D eigenvalue weighted by Crippen LogP contribution is 2.20. The van der Waals surface area contributed by atoms with E-state index >= 15 is 0 Å². The Bertz CT molecular complexity index is 111. The molecule has 0 aromatic carbocycles. The minimum absolute atomic E-state index is 0.693. The van der Waals surface area contributed by atoms with Crippen molar-refractivity contribution in [1.29, 1.82) is 0 Å². The minimum atomic E-state index is -0.816. The molecule has 3 heteroatoms. The number of methoxy groups -OCH3 is 2. The first-order chi connectivity index (χ1) is 6.24. The number of hydrogen-bond donors (Lipinski definition) is 0. The summed E-state index contributed by atoms with van der Waals surface area (Å²) in [6.07, 6.45) is 3.91. The fourth-order valence-corrected chi connectivity index (χ4v) is 1.16. The molecule has 3 nitrogen and oxygen atoms in total. The van der Waals surface area contributed by atoms with E-state index in [9.17, 15) is 0 Å². The van der Waals surface area contributed by atoms with Crippen molar-refractivity contribution in [2.24, 2.45) is 0 Å². The molecule has 0 aliphatic rings. The van der Waals surface area contributed by atoms with Crippen molar-refractivity contribution in [2.75, 3.05) is 20.8 Å². The molecule has 0 atom stereocenters. The zero-order valence-electron chi connectivity index (χ0n) is 9.26. The maximum Gasteiger partial charge on any atom is 0.282 e. The van der Waals surface area contributed by atoms with Gasteiger partial charge in [-0.2, -0.15) is 0 Å². The van der Waals surface area contributed by atoms with E-state index in [1.54, 1.807) is 14.2 Å². The van der Waals surface area contributed by atoms with Gasteiger partial charge in [-0.05, 0) is 12.8 Å². The van der Waals surface area contributed by atoms with Crippen LogP contribution in [0.2, 0.25) is 0 Å². The monoisotopic (exact) mass is 190 g/mol. The summed E-state index contributed by atoms with van der Waals surface area (Å²) in [5, 5.41) is 0. The van der Waals surface area contributed by atoms with Gasteiger partial charge in [0.1, 0.15) is 0 Å². The molecule has 0 rings (SSSR count). The van der Waals surface area contributed by atoms with E-state index in [-0.39, 0.29) is 0 Å². The van der Waals surface area contributed by atoms with Crippen LogP contribution in [0.5, 0.6) is 0 Å². The van der Waals surface area contributed by atoms with Gasteiger partial charge in [0.25, 0.3) is 5.97 Å². The van der Waals surface area contributed by atoms with Crippen LogP contribution in [-0.4, -0.2) is 26.8 Å². The normalized spacial score (nSPS) is 12.0. The molecule has 0 saturated carbocycles. The Hall–Kier alpha value is -0.120. The van der Waals surface area contributed by atoms with Crippen molar-refractivity contribution < 1.29 is 14.2 Å². The van der Waals surface area contributed by atoms with E-state index in [1.807, 2.05) is 0 Å². The molecule has 80 valence electrons. The lowest BCUT2D eigenvalue weighted by molar-refractivity contribution is -0.365. The van der Waals surface area contributed by atoms with Gasteiger partial charge in [0.05, 0.1) is 6.61 Å². The quantitative estimate of drug-likeness (QED) is 0.435. The lowest BCUT2D eigenvalue weighted by atomic mass is 10.3. The maximum atomic E-state index is 5.56. The average Bonchev–Trinajstić information content (AvgIpc) is 2.17. The van der Waals surface area contributed by atoms with Gasteiger partial charge in [-0.3, -0.25) is 0 Å². The summed E-state index contributed by atoms with van der Waals surface area (Å²) in [7, 11) is 3.23. The molecule has 0 heterocycles. The molecular formula is C10H22O3. The molecule has 0 amide bonds. The van der Waals surface area contributed by atoms with Crippen LogP contribution in [-0.2, 0) is 14.2 Å². The summed E-state index contributed by atoms with van der Waals surface area (Å²) in [5.74, 6) is -0.816. The number of ether oxygens (including phenoxy) is 3. The molecule has 13 heavy (non-hydrogen) atoms. The third kappa shape index (κ3) is 4.60. The summed E-state index contributed by atoms with van der Waals surface area (Å²) < 4.78 is 16.0. The zero-order chi connectivity index (χ0) is 10.2. The van der Waals surface area contributed by atoms with Crippen LogP contribution in [0.3, 0.4) is 0 Å². The highest BCUT2D eigenvalue weighted by Gasteiger charge is 2.29. The molecule has 0 fully saturated rings. The van der Waals surface area contributed by atoms with Crippen LogP contribution in [0.25, 0.3) is 0 Å². The first kappa shape index (κ1) is 12.9. The van der Waals surface area contributed by atoms with E-state index in [2.05, 4.69) is 13.8 Å². The summed E-state index contributed by atoms with van der Waals surface area (Å²) >= 11 is 0. The summed E-state index contributed by atoms with van der Waals surface area (Å²) in [4.78, 5) is 0. The van der Waals surface area contributed by atoms with Gasteiger partial charge in [0.2, 0.25) is 0 Å². The summed E-state index contributed by atoms with van der Waals surface area (Å²) in [6, 6.07) is 0. The lowest BCUT2D eigenvalue weighted by Crippen LogP contribution is -2.37. The summed E-state index contributed by atoms with van der Waals surface area (Å²) in [6.45, 7) is 4.90. The van der Waals surface area contributed by atoms with Crippen LogP contribution in [0.1, 0.15) is 39.5 Å². The lowest BCUT2D eigenvalue weighted by Gasteiger charge is -2.30. The Kier molecular flexibility index (Phi) is 7.23. The van der Waals surface area contributed by atoms with Crippen molar-refractivity contribution in [3.05, 3.63) is 0 Å². The van der Waals surface area contributed by atoms with Crippen molar-refractivity contribution in [2.45, 2.75) is 45.5 Å². The highest BCUT2D eigenvalue weighted by atomic mass is 16.9. The first-order valence-corrected chi connectivity index (χ1v) is 4.99. The molecule has 0 aliphatic heterocycles. The van der Waals surface area contributed by atoms with E-state index < -0.39 is 5.97 Å². The SMILES string of the molecule is CCCCOC(CCC)(OC)OC.